The van der Waals surface area contributed by atoms with Crippen LogP contribution in [0.5, 0.6) is 0 Å². The molecule has 0 saturated carbocycles. The van der Waals surface area contributed by atoms with Gasteiger partial charge in [-0.3, -0.25) is 18.9 Å². The molecule has 142 valence electrons. The molecule has 2 fully saturated rings. The second-order valence-electron chi connectivity index (χ2n) is 6.15. The van der Waals surface area contributed by atoms with Gasteiger partial charge in [0.2, 0.25) is 5.95 Å². The Hall–Kier alpha value is -1.40. The molecule has 2 aliphatic heterocycles. The summed E-state index contributed by atoms with van der Waals surface area (Å²) < 4.78 is 24.2. The summed E-state index contributed by atoms with van der Waals surface area (Å²) in [6.07, 6.45) is 0.114. The molecule has 2 aromatic heterocycles. The first-order chi connectivity index (χ1) is 12.3. The number of nitrogens with two attached hydrogens (primary N) is 1. The van der Waals surface area contributed by atoms with Crippen molar-refractivity contribution in [1.29, 1.82) is 0 Å². The number of imidazole rings is 1. The first-order valence-electron chi connectivity index (χ1n) is 7.89. The van der Waals surface area contributed by atoms with Crippen LogP contribution < -0.4 is 11.3 Å². The molecule has 2 saturated heterocycles. The van der Waals surface area contributed by atoms with Gasteiger partial charge in [0.25, 0.3) is 5.56 Å². The Labute approximate surface area is 152 Å². The predicted molar refractivity (Wildman–Crippen MR) is 93.8 cm³/mol. The first kappa shape index (κ1) is 18.0. The van der Waals surface area contributed by atoms with Gasteiger partial charge in [-0.15, -0.1) is 0 Å². The highest BCUT2D eigenvalue weighted by atomic mass is 32.5. The van der Waals surface area contributed by atoms with Crippen LogP contribution in [0.1, 0.15) is 19.6 Å². The van der Waals surface area contributed by atoms with Crippen molar-refractivity contribution in [2.24, 2.45) is 0 Å². The van der Waals surface area contributed by atoms with Crippen LogP contribution in [0.4, 0.5) is 5.95 Å². The molecule has 0 spiro atoms. The minimum absolute atomic E-state index is 0.0310. The number of aromatic nitrogens is 4. The molecule has 0 aromatic carbocycles. The molecule has 2 bridgehead atoms. The summed E-state index contributed by atoms with van der Waals surface area (Å²) in [7, 11) is 1.29. The van der Waals surface area contributed by atoms with E-state index < -0.39 is 36.3 Å². The predicted octanol–water partition coefficient (Wildman–Crippen LogP) is 0.0266. The SMILES string of the molecule is CC[C@]12COC(C1OP(O)(=S)OC)[C@H](n1cnc3c(=O)[nH]c(N)nc31)O2. The second-order valence-corrected chi connectivity index (χ2v) is 9.05. The zero-order valence-corrected chi connectivity index (χ0v) is 15.7. The van der Waals surface area contributed by atoms with E-state index in [2.05, 4.69) is 15.0 Å². The van der Waals surface area contributed by atoms with Crippen molar-refractivity contribution in [3.63, 3.8) is 0 Å². The molecule has 13 heteroatoms. The fourth-order valence-electron chi connectivity index (χ4n) is 3.42. The monoisotopic (exact) mass is 403 g/mol. The van der Waals surface area contributed by atoms with Crippen LogP contribution in [0.15, 0.2) is 11.1 Å². The number of nitrogens with zero attached hydrogens (tertiary/aromatic N) is 3. The molecular formula is C13H18N5O6PS. The Morgan fingerprint density at radius 3 is 3.12 bits per heavy atom. The zero-order valence-electron chi connectivity index (χ0n) is 14.0. The Kier molecular flexibility index (Phi) is 4.19. The lowest BCUT2D eigenvalue weighted by Crippen LogP contribution is -2.40. The van der Waals surface area contributed by atoms with E-state index >= 15 is 0 Å². The summed E-state index contributed by atoms with van der Waals surface area (Å²) in [5.74, 6) is -0.0310. The Bertz CT molecular complexity index is 964. The van der Waals surface area contributed by atoms with Crippen LogP contribution in [-0.4, -0.2) is 55.9 Å². The average molecular weight is 403 g/mol. The van der Waals surface area contributed by atoms with Gasteiger partial charge in [-0.25, -0.2) is 4.98 Å². The maximum absolute atomic E-state index is 12.0. The molecule has 11 nitrogen and oxygen atoms in total. The fourth-order valence-corrected chi connectivity index (χ4v) is 4.38. The third-order valence-electron chi connectivity index (χ3n) is 4.77. The molecule has 26 heavy (non-hydrogen) atoms. The van der Waals surface area contributed by atoms with Gasteiger partial charge in [0.05, 0.1) is 12.9 Å². The van der Waals surface area contributed by atoms with Gasteiger partial charge in [0.1, 0.15) is 17.8 Å². The summed E-state index contributed by atoms with van der Waals surface area (Å²) in [5.41, 5.74) is 4.81. The van der Waals surface area contributed by atoms with Crippen LogP contribution in [0.25, 0.3) is 11.2 Å². The Morgan fingerprint density at radius 1 is 1.65 bits per heavy atom. The van der Waals surface area contributed by atoms with Crippen molar-refractivity contribution in [3.8, 4) is 0 Å². The summed E-state index contributed by atoms with van der Waals surface area (Å²) in [5, 5.41) is 0. The van der Waals surface area contributed by atoms with E-state index in [1.165, 1.54) is 13.4 Å². The average Bonchev–Trinajstić information content (AvgIpc) is 3.25. The normalized spacial score (nSPS) is 33.0. The molecule has 0 radical (unpaired) electrons. The van der Waals surface area contributed by atoms with E-state index in [0.29, 0.717) is 6.42 Å². The molecule has 0 amide bonds. The largest absolute Gasteiger partial charge is 0.369 e. The number of ether oxygens (including phenoxy) is 2. The molecule has 4 N–H and O–H groups in total. The van der Waals surface area contributed by atoms with Gasteiger partial charge in [-0.1, -0.05) is 6.92 Å². The van der Waals surface area contributed by atoms with Crippen molar-refractivity contribution >= 4 is 35.6 Å². The van der Waals surface area contributed by atoms with Crippen molar-refractivity contribution in [1.82, 2.24) is 19.5 Å². The molecule has 3 unspecified atom stereocenters. The van der Waals surface area contributed by atoms with Crippen molar-refractivity contribution < 1.29 is 23.4 Å². The van der Waals surface area contributed by atoms with Gasteiger partial charge in [0.15, 0.2) is 17.4 Å². The van der Waals surface area contributed by atoms with E-state index in [1.54, 1.807) is 4.57 Å². The van der Waals surface area contributed by atoms with Crippen molar-refractivity contribution in [2.75, 3.05) is 19.5 Å². The van der Waals surface area contributed by atoms with Gasteiger partial charge in [-0.2, -0.15) is 4.98 Å². The maximum Gasteiger partial charge on any atom is 0.324 e. The lowest BCUT2D eigenvalue weighted by atomic mass is 9.96. The molecular weight excluding hydrogens is 385 g/mol. The first-order valence-corrected chi connectivity index (χ1v) is 10.5. The Balaban J connectivity index is 1.76. The standard InChI is InChI=1S/C13H18N5O6PS/c1-3-13-4-22-7(8(13)24-25(20,26)21-2)11(23-13)18-5-15-6-9(18)16-12(14)17-10(6)19/h5,7-8,11H,3-4H2,1-2H3,(H,20,26)(H3,14,16,17,19)/t7?,8?,11-,13+,25?/m1/s1. The number of anilines is 1. The summed E-state index contributed by atoms with van der Waals surface area (Å²) in [6, 6.07) is 0. The van der Waals surface area contributed by atoms with Crippen LogP contribution >= 0.6 is 6.72 Å². The number of hydrogen-bond donors (Lipinski definition) is 3. The highest BCUT2D eigenvalue weighted by molar-refractivity contribution is 8.07. The van der Waals surface area contributed by atoms with Gasteiger partial charge < -0.3 is 24.6 Å². The number of hydrogen-bond acceptors (Lipinski definition) is 9. The highest BCUT2D eigenvalue weighted by Gasteiger charge is 2.63. The van der Waals surface area contributed by atoms with Crippen LogP contribution in [0.2, 0.25) is 0 Å². The van der Waals surface area contributed by atoms with E-state index in [1.807, 2.05) is 6.92 Å². The molecule has 4 rings (SSSR count). The lowest BCUT2D eigenvalue weighted by molar-refractivity contribution is -0.172. The molecule has 2 aliphatic rings. The number of nitrogen functional groups attached to an aromatic ring is 1. The maximum atomic E-state index is 12.0. The number of nitrogens with one attached hydrogen (secondary N) is 1. The zero-order chi connectivity index (χ0) is 18.7. The summed E-state index contributed by atoms with van der Waals surface area (Å²) in [4.78, 5) is 32.7. The van der Waals surface area contributed by atoms with Crippen LogP contribution in [-0.2, 0) is 30.3 Å². The van der Waals surface area contributed by atoms with Crippen molar-refractivity contribution in [2.45, 2.75) is 37.4 Å². The highest BCUT2D eigenvalue weighted by Crippen LogP contribution is 2.55. The third-order valence-corrected chi connectivity index (χ3v) is 6.43. The van der Waals surface area contributed by atoms with Crippen molar-refractivity contribution in [3.05, 3.63) is 16.7 Å². The van der Waals surface area contributed by atoms with E-state index in [4.69, 9.17) is 36.1 Å². The Morgan fingerprint density at radius 2 is 2.42 bits per heavy atom. The molecule has 0 aliphatic carbocycles. The van der Waals surface area contributed by atoms with Gasteiger partial charge in [-0.05, 0) is 18.2 Å². The second kappa shape index (κ2) is 6.06. The number of fused-ring (bicyclic) bond motifs is 3. The molecule has 4 heterocycles. The fraction of sp³-hybridized carbons (Fsp3) is 0.615. The lowest BCUT2D eigenvalue weighted by Gasteiger charge is -2.31. The van der Waals surface area contributed by atoms with E-state index in [9.17, 15) is 9.69 Å². The van der Waals surface area contributed by atoms with Gasteiger partial charge in [0, 0.05) is 7.11 Å². The topological polar surface area (TPSA) is 147 Å². The van der Waals surface area contributed by atoms with Gasteiger partial charge >= 0.3 is 6.72 Å². The third kappa shape index (κ3) is 2.61. The summed E-state index contributed by atoms with van der Waals surface area (Å²) in [6.45, 7) is -1.21. The number of rotatable bonds is 5. The minimum Gasteiger partial charge on any atom is -0.369 e. The smallest absolute Gasteiger partial charge is 0.324 e. The quantitative estimate of drug-likeness (QED) is 0.584. The molecule has 2 aromatic rings. The van der Waals surface area contributed by atoms with E-state index in [-0.39, 0.29) is 23.7 Å². The molecule has 5 atom stereocenters. The van der Waals surface area contributed by atoms with Crippen LogP contribution in [0, 0.1) is 0 Å². The van der Waals surface area contributed by atoms with E-state index in [0.717, 1.165) is 0 Å². The number of H-pyrrole nitrogens is 1. The van der Waals surface area contributed by atoms with Crippen LogP contribution in [0.3, 0.4) is 0 Å². The minimum atomic E-state index is -3.42. The number of aromatic amines is 1. The summed E-state index contributed by atoms with van der Waals surface area (Å²) >= 11 is 4.98.